The average Bonchev–Trinajstić information content (AvgIpc) is 3.12. The quantitative estimate of drug-likeness (QED) is 0.480. The molecule has 1 saturated heterocycles. The number of ether oxygens (including phenoxy) is 2. The molecular weight excluding hydrogens is 517 g/mol. The number of carbonyl (C=O) groups excluding carboxylic acids is 2. The first-order valence-electron chi connectivity index (χ1n) is 11.8. The van der Waals surface area contributed by atoms with Gasteiger partial charge in [0.1, 0.15) is 17.9 Å². The van der Waals surface area contributed by atoms with E-state index in [4.69, 9.17) is 9.47 Å². The maximum absolute atomic E-state index is 14.9. The van der Waals surface area contributed by atoms with Gasteiger partial charge in [-0.3, -0.25) is 14.6 Å². The van der Waals surface area contributed by atoms with Crippen LogP contribution in [0.5, 0.6) is 5.75 Å². The predicted octanol–water partition coefficient (Wildman–Crippen LogP) is 3.70. The van der Waals surface area contributed by atoms with E-state index in [1.54, 1.807) is 0 Å². The van der Waals surface area contributed by atoms with Gasteiger partial charge in [-0.2, -0.15) is 17.6 Å². The highest BCUT2D eigenvalue weighted by Crippen LogP contribution is 2.55. The molecule has 13 heteroatoms. The minimum Gasteiger partial charge on any atom is -0.487 e. The molecule has 4 rings (SSSR count). The summed E-state index contributed by atoms with van der Waals surface area (Å²) < 4.78 is 82.6. The number of halogens is 5. The van der Waals surface area contributed by atoms with Gasteiger partial charge < -0.3 is 25.2 Å². The Hall–Kier alpha value is -3.32. The molecule has 2 fully saturated rings. The van der Waals surface area contributed by atoms with Crippen molar-refractivity contribution in [1.82, 2.24) is 10.3 Å². The number of alkyl halides is 3. The van der Waals surface area contributed by atoms with Gasteiger partial charge in [-0.1, -0.05) is 13.0 Å². The number of hydrogen-bond acceptors (Lipinski definition) is 6. The summed E-state index contributed by atoms with van der Waals surface area (Å²) in [4.78, 5) is 29.1. The second-order valence-corrected chi connectivity index (χ2v) is 9.60. The maximum atomic E-state index is 14.9. The number of rotatable bonds is 6. The van der Waals surface area contributed by atoms with Crippen LogP contribution < -0.4 is 15.4 Å². The normalized spacial score (nSPS) is 28.9. The average molecular weight is 543 g/mol. The van der Waals surface area contributed by atoms with Gasteiger partial charge in [0.15, 0.2) is 17.2 Å². The lowest BCUT2D eigenvalue weighted by Gasteiger charge is -2.34. The van der Waals surface area contributed by atoms with Crippen molar-refractivity contribution >= 4 is 17.5 Å². The van der Waals surface area contributed by atoms with E-state index >= 15 is 0 Å². The lowest BCUT2D eigenvalue weighted by molar-refractivity contribution is -0.272. The predicted molar refractivity (Wildman–Crippen MR) is 124 cm³/mol. The van der Waals surface area contributed by atoms with Crippen molar-refractivity contribution in [3.63, 3.8) is 0 Å². The summed E-state index contributed by atoms with van der Waals surface area (Å²) in [5, 5.41) is 14.3. The zero-order valence-corrected chi connectivity index (χ0v) is 20.6. The first kappa shape index (κ1) is 27.7. The molecule has 1 aliphatic heterocycles. The number of nitrogens with one attached hydrogen (secondary N) is 2. The van der Waals surface area contributed by atoms with Crippen LogP contribution in [0.3, 0.4) is 0 Å². The fourth-order valence-electron chi connectivity index (χ4n) is 4.73. The van der Waals surface area contributed by atoms with Gasteiger partial charge in [0.2, 0.25) is 5.82 Å². The zero-order chi connectivity index (χ0) is 28.0. The monoisotopic (exact) mass is 543 g/mol. The number of nitrogens with zero attached hydrogens (tertiary/aromatic N) is 1. The highest BCUT2D eigenvalue weighted by atomic mass is 19.4. The maximum Gasteiger partial charge on any atom is 0.417 e. The Morgan fingerprint density at radius 3 is 2.50 bits per heavy atom. The van der Waals surface area contributed by atoms with E-state index in [2.05, 4.69) is 15.6 Å². The third-order valence-electron chi connectivity index (χ3n) is 7.21. The van der Waals surface area contributed by atoms with Crippen LogP contribution in [-0.2, 0) is 9.53 Å². The highest BCUT2D eigenvalue weighted by molar-refractivity contribution is 5.97. The molecule has 8 nitrogen and oxygen atoms in total. The first-order valence-corrected chi connectivity index (χ1v) is 11.8. The second-order valence-electron chi connectivity index (χ2n) is 9.60. The second kappa shape index (κ2) is 10.1. The third kappa shape index (κ3) is 4.92. The van der Waals surface area contributed by atoms with Crippen molar-refractivity contribution < 1.29 is 46.1 Å². The van der Waals surface area contributed by atoms with E-state index in [0.717, 1.165) is 19.1 Å². The van der Waals surface area contributed by atoms with Crippen LogP contribution in [0, 0.1) is 17.6 Å². The standard InChI is InChI=1S/C25H26F5N3O5/c1-11-18(15-4-5-16(26)19(27)20(15)37-14-9-13(34)10-14)21(38-24(11,2)25(28,29)30)23(36)33-12-6-7-32-17(8-12)22(35)31-3/h4-8,11,13-14,18,21,34H,9-10H2,1-3H3,(H,31,35)(H,32,33,36)/t11-,13?,14?,18-,21+,24+/m0/s1. The number of benzene rings is 1. The van der Waals surface area contributed by atoms with E-state index in [1.807, 2.05) is 0 Å². The molecule has 1 aromatic heterocycles. The summed E-state index contributed by atoms with van der Waals surface area (Å²) in [6, 6.07) is 4.37. The van der Waals surface area contributed by atoms with Crippen LogP contribution in [0.25, 0.3) is 0 Å². The minimum atomic E-state index is -4.92. The molecular formula is C25H26F5N3O5. The Balaban J connectivity index is 1.74. The number of hydrogen-bond donors (Lipinski definition) is 3. The van der Waals surface area contributed by atoms with Crippen molar-refractivity contribution in [2.24, 2.45) is 5.92 Å². The van der Waals surface area contributed by atoms with E-state index in [-0.39, 0.29) is 29.8 Å². The summed E-state index contributed by atoms with van der Waals surface area (Å²) in [6.45, 7) is 2.00. The van der Waals surface area contributed by atoms with Crippen molar-refractivity contribution in [3.8, 4) is 5.75 Å². The number of aliphatic hydroxyl groups excluding tert-OH is 1. The minimum absolute atomic E-state index is 0.0540. The Labute approximate surface area is 214 Å². The fourth-order valence-corrected chi connectivity index (χ4v) is 4.73. The largest absolute Gasteiger partial charge is 0.487 e. The van der Waals surface area contributed by atoms with Crippen LogP contribution >= 0.6 is 0 Å². The summed E-state index contributed by atoms with van der Waals surface area (Å²) >= 11 is 0. The summed E-state index contributed by atoms with van der Waals surface area (Å²) in [5.41, 5.74) is -2.99. The number of aromatic nitrogens is 1. The number of carbonyl (C=O) groups is 2. The number of pyridine rings is 1. The molecule has 2 heterocycles. The van der Waals surface area contributed by atoms with Gasteiger partial charge in [0.05, 0.1) is 6.10 Å². The lowest BCUT2D eigenvalue weighted by atomic mass is 9.76. The molecule has 2 amide bonds. The molecule has 0 spiro atoms. The van der Waals surface area contributed by atoms with E-state index in [0.29, 0.717) is 0 Å². The molecule has 1 saturated carbocycles. The Morgan fingerprint density at radius 2 is 1.89 bits per heavy atom. The van der Waals surface area contributed by atoms with Gasteiger partial charge >= 0.3 is 6.18 Å². The van der Waals surface area contributed by atoms with Gasteiger partial charge in [-0.05, 0) is 25.1 Å². The molecule has 1 aromatic carbocycles. The molecule has 0 radical (unpaired) electrons. The van der Waals surface area contributed by atoms with Crippen LogP contribution in [0.4, 0.5) is 27.6 Å². The summed E-state index contributed by atoms with van der Waals surface area (Å²) in [5.74, 6) is -7.73. The lowest BCUT2D eigenvalue weighted by Crippen LogP contribution is -2.47. The van der Waals surface area contributed by atoms with Gasteiger partial charge in [0, 0.05) is 49.2 Å². The SMILES string of the molecule is CNC(=O)c1cc(NC(=O)[C@@H]2O[C@@](C)(C(F)(F)F)[C@@H](C)[C@H]2c2ccc(F)c(F)c2OC2CC(O)C2)ccn1. The number of aliphatic hydroxyl groups is 1. The topological polar surface area (TPSA) is 110 Å². The zero-order valence-electron chi connectivity index (χ0n) is 20.6. The van der Waals surface area contributed by atoms with E-state index < -0.39 is 71.1 Å². The molecule has 1 aliphatic carbocycles. The molecule has 2 aromatic rings. The Bertz CT molecular complexity index is 1240. The van der Waals surface area contributed by atoms with Gasteiger partial charge in [-0.15, -0.1) is 0 Å². The van der Waals surface area contributed by atoms with Crippen molar-refractivity contribution in [3.05, 3.63) is 53.4 Å². The summed E-state index contributed by atoms with van der Waals surface area (Å²) in [7, 11) is 1.37. The fraction of sp³-hybridized carbons (Fsp3) is 0.480. The molecule has 0 bridgehead atoms. The van der Waals surface area contributed by atoms with E-state index in [1.165, 1.54) is 32.3 Å². The first-order chi connectivity index (χ1) is 17.8. The van der Waals surface area contributed by atoms with Crippen LogP contribution in [0.2, 0.25) is 0 Å². The van der Waals surface area contributed by atoms with Gasteiger partial charge in [0.25, 0.3) is 11.8 Å². The highest BCUT2D eigenvalue weighted by Gasteiger charge is 2.66. The van der Waals surface area contributed by atoms with Crippen molar-refractivity contribution in [1.29, 1.82) is 0 Å². The van der Waals surface area contributed by atoms with Crippen LogP contribution in [0.15, 0.2) is 30.5 Å². The van der Waals surface area contributed by atoms with Crippen molar-refractivity contribution in [2.45, 2.75) is 62.7 Å². The van der Waals surface area contributed by atoms with Crippen molar-refractivity contribution in [2.75, 3.05) is 12.4 Å². The molecule has 4 atom stereocenters. The Morgan fingerprint density at radius 1 is 1.21 bits per heavy atom. The molecule has 206 valence electrons. The van der Waals surface area contributed by atoms with E-state index in [9.17, 15) is 36.6 Å². The molecule has 2 aliphatic rings. The molecule has 38 heavy (non-hydrogen) atoms. The third-order valence-corrected chi connectivity index (χ3v) is 7.21. The smallest absolute Gasteiger partial charge is 0.417 e. The number of anilines is 1. The Kier molecular flexibility index (Phi) is 7.36. The number of amides is 2. The van der Waals surface area contributed by atoms with Crippen LogP contribution in [0.1, 0.15) is 48.7 Å². The summed E-state index contributed by atoms with van der Waals surface area (Å²) in [6.07, 6.45) is -6.60. The van der Waals surface area contributed by atoms with Crippen LogP contribution in [-0.4, -0.2) is 59.0 Å². The molecule has 0 unspecified atom stereocenters. The molecule has 3 N–H and O–H groups in total. The van der Waals surface area contributed by atoms with Gasteiger partial charge in [-0.25, -0.2) is 4.39 Å².